The molecular weight excluding hydrogens is 364 g/mol. The highest BCUT2D eigenvalue weighted by molar-refractivity contribution is 5.80. The van der Waals surface area contributed by atoms with Gasteiger partial charge in [-0.1, -0.05) is 79.2 Å². The van der Waals surface area contributed by atoms with E-state index in [0.717, 1.165) is 19.4 Å². The second-order valence-corrected chi connectivity index (χ2v) is 8.24. The molecule has 0 radical (unpaired) electrons. The molecule has 0 aromatic heterocycles. The van der Waals surface area contributed by atoms with Crippen molar-refractivity contribution in [3.8, 4) is 11.1 Å². The number of rotatable bonds is 10. The van der Waals surface area contributed by atoms with Crippen LogP contribution in [0.5, 0.6) is 0 Å². The van der Waals surface area contributed by atoms with Crippen LogP contribution in [0.15, 0.2) is 83.4 Å². The van der Waals surface area contributed by atoms with Crippen molar-refractivity contribution in [1.82, 2.24) is 4.90 Å². The zero-order valence-corrected chi connectivity index (χ0v) is 18.6. The van der Waals surface area contributed by atoms with Gasteiger partial charge in [0.2, 0.25) is 0 Å². The molecule has 1 saturated heterocycles. The lowest BCUT2D eigenvalue weighted by molar-refractivity contribution is 0.351. The monoisotopic (exact) mass is 400 g/mol. The molecule has 0 amide bonds. The third kappa shape index (κ3) is 6.81. The average Bonchev–Trinajstić information content (AvgIpc) is 3.22. The molecule has 2 aromatic carbocycles. The lowest BCUT2D eigenvalue weighted by atomic mass is 10.0. The fourth-order valence-corrected chi connectivity index (χ4v) is 4.15. The Kier molecular flexibility index (Phi) is 9.11. The van der Waals surface area contributed by atoms with Gasteiger partial charge in [-0.15, -0.1) is 0 Å². The van der Waals surface area contributed by atoms with Crippen molar-refractivity contribution in [2.24, 2.45) is 4.99 Å². The maximum absolute atomic E-state index is 4.74. The van der Waals surface area contributed by atoms with Crippen LogP contribution in [0.25, 0.3) is 11.1 Å². The first-order chi connectivity index (χ1) is 14.8. The van der Waals surface area contributed by atoms with Gasteiger partial charge in [-0.3, -0.25) is 9.89 Å². The third-order valence-electron chi connectivity index (χ3n) is 5.94. The Bertz CT molecular complexity index is 831. The van der Waals surface area contributed by atoms with Crippen LogP contribution in [0, 0.1) is 0 Å². The number of hydrogen-bond acceptors (Lipinski definition) is 2. The molecule has 0 bridgehead atoms. The number of nitrogens with zero attached hydrogens (tertiary/aromatic N) is 2. The summed E-state index contributed by atoms with van der Waals surface area (Å²) in [6.45, 7) is 4.19. The van der Waals surface area contributed by atoms with E-state index in [-0.39, 0.29) is 0 Å². The summed E-state index contributed by atoms with van der Waals surface area (Å²) in [7, 11) is 2.22. The molecule has 1 fully saturated rings. The molecule has 0 unspecified atom stereocenters. The normalized spacial score (nSPS) is 18.1. The van der Waals surface area contributed by atoms with Gasteiger partial charge >= 0.3 is 0 Å². The summed E-state index contributed by atoms with van der Waals surface area (Å²) in [4.78, 5) is 7.19. The van der Waals surface area contributed by atoms with Crippen molar-refractivity contribution in [3.63, 3.8) is 0 Å². The zero-order chi connectivity index (χ0) is 21.0. The van der Waals surface area contributed by atoms with E-state index in [2.05, 4.69) is 97.9 Å². The summed E-state index contributed by atoms with van der Waals surface area (Å²) in [5, 5.41) is 0. The first-order valence-corrected chi connectivity index (χ1v) is 11.4. The minimum Gasteiger partial charge on any atom is -0.299 e. The number of likely N-dealkylation sites (N-methyl/N-ethyl adjacent to an activating group) is 1. The van der Waals surface area contributed by atoms with E-state index in [1.54, 1.807) is 0 Å². The van der Waals surface area contributed by atoms with Crippen LogP contribution in [-0.2, 0) is 6.42 Å². The Hall–Kier alpha value is -2.45. The molecule has 1 aliphatic heterocycles. The molecule has 2 heteroatoms. The van der Waals surface area contributed by atoms with Crippen LogP contribution in [-0.4, -0.2) is 37.3 Å². The molecule has 2 aromatic rings. The van der Waals surface area contributed by atoms with Crippen LogP contribution < -0.4 is 0 Å². The Labute approximate surface area is 183 Å². The minimum absolute atomic E-state index is 0.531. The van der Waals surface area contributed by atoms with Gasteiger partial charge in [0.1, 0.15) is 0 Å². The van der Waals surface area contributed by atoms with E-state index in [0.29, 0.717) is 6.04 Å². The largest absolute Gasteiger partial charge is 0.299 e. The first kappa shape index (κ1) is 22.2. The SMILES string of the molecule is C\C=C/C=C(\C=N\CCCCCc1ccc(-c2ccccc2)cc1)[C@@H]1CCCN1C. The highest BCUT2D eigenvalue weighted by atomic mass is 15.1. The van der Waals surface area contributed by atoms with Crippen molar-refractivity contribution < 1.29 is 0 Å². The molecule has 2 nitrogen and oxygen atoms in total. The van der Waals surface area contributed by atoms with Crippen molar-refractivity contribution in [2.45, 2.75) is 51.5 Å². The van der Waals surface area contributed by atoms with Gasteiger partial charge in [-0.2, -0.15) is 0 Å². The van der Waals surface area contributed by atoms with Gasteiger partial charge < -0.3 is 0 Å². The number of allylic oxidation sites excluding steroid dienone is 3. The van der Waals surface area contributed by atoms with E-state index >= 15 is 0 Å². The van der Waals surface area contributed by atoms with Crippen LogP contribution in [0.4, 0.5) is 0 Å². The number of aliphatic imine (C=N–C) groups is 1. The Morgan fingerprint density at radius 1 is 1.00 bits per heavy atom. The van der Waals surface area contributed by atoms with E-state index in [1.165, 1.54) is 54.5 Å². The molecule has 0 N–H and O–H groups in total. The second-order valence-electron chi connectivity index (χ2n) is 8.24. The fourth-order valence-electron chi connectivity index (χ4n) is 4.15. The molecule has 1 heterocycles. The molecule has 1 atom stereocenters. The summed E-state index contributed by atoms with van der Waals surface area (Å²) in [6.07, 6.45) is 15.9. The van der Waals surface area contributed by atoms with Crippen LogP contribution in [0.1, 0.15) is 44.6 Å². The Balaban J connectivity index is 1.38. The number of benzene rings is 2. The van der Waals surface area contributed by atoms with E-state index in [9.17, 15) is 0 Å². The zero-order valence-electron chi connectivity index (χ0n) is 18.6. The maximum Gasteiger partial charge on any atom is 0.0389 e. The van der Waals surface area contributed by atoms with Gasteiger partial charge in [0.15, 0.2) is 0 Å². The van der Waals surface area contributed by atoms with Crippen molar-refractivity contribution in [3.05, 3.63) is 84.0 Å². The summed E-state index contributed by atoms with van der Waals surface area (Å²) in [5.74, 6) is 0. The van der Waals surface area contributed by atoms with Crippen molar-refractivity contribution >= 4 is 6.21 Å². The highest BCUT2D eigenvalue weighted by Gasteiger charge is 2.23. The molecule has 0 saturated carbocycles. The fraction of sp³-hybridized carbons (Fsp3) is 0.393. The lowest BCUT2D eigenvalue weighted by Gasteiger charge is -2.20. The number of likely N-dealkylation sites (tertiary alicyclic amines) is 1. The molecular formula is C28H36N2. The molecule has 30 heavy (non-hydrogen) atoms. The standard InChI is InChI=1S/C28H36N2/c1-3-4-13-27(28-16-11-22-30(28)2)23-29-21-10-6-7-12-24-17-19-26(20-18-24)25-14-8-5-9-15-25/h3-5,8-9,13-15,17-20,23,28H,6-7,10-12,16,21-22H2,1-2H3/b4-3-,27-13+,29-23+/t28-/m0/s1. The molecule has 0 spiro atoms. The highest BCUT2D eigenvalue weighted by Crippen LogP contribution is 2.22. The summed E-state index contributed by atoms with van der Waals surface area (Å²) in [6, 6.07) is 20.2. The predicted molar refractivity (Wildman–Crippen MR) is 131 cm³/mol. The van der Waals surface area contributed by atoms with Crippen LogP contribution >= 0.6 is 0 Å². The summed E-state index contributed by atoms with van der Waals surface area (Å²) >= 11 is 0. The van der Waals surface area contributed by atoms with Gasteiger partial charge in [0, 0.05) is 18.8 Å². The average molecular weight is 401 g/mol. The van der Waals surface area contributed by atoms with Crippen LogP contribution in [0.3, 0.4) is 0 Å². The van der Waals surface area contributed by atoms with Crippen molar-refractivity contribution in [2.75, 3.05) is 20.1 Å². The lowest BCUT2D eigenvalue weighted by Crippen LogP contribution is -2.27. The first-order valence-electron chi connectivity index (χ1n) is 11.4. The second kappa shape index (κ2) is 12.3. The smallest absolute Gasteiger partial charge is 0.0389 e. The number of unbranched alkanes of at least 4 members (excludes halogenated alkanes) is 2. The molecule has 1 aliphatic rings. The molecule has 0 aliphatic carbocycles. The molecule has 3 rings (SSSR count). The maximum atomic E-state index is 4.74. The minimum atomic E-state index is 0.531. The predicted octanol–water partition coefficient (Wildman–Crippen LogP) is 6.73. The topological polar surface area (TPSA) is 15.6 Å². The van der Waals surface area contributed by atoms with E-state index in [4.69, 9.17) is 4.99 Å². The number of aryl methyl sites for hydroxylation is 1. The van der Waals surface area contributed by atoms with Gasteiger partial charge in [-0.25, -0.2) is 0 Å². The Morgan fingerprint density at radius 3 is 2.47 bits per heavy atom. The van der Waals surface area contributed by atoms with E-state index < -0.39 is 0 Å². The summed E-state index contributed by atoms with van der Waals surface area (Å²) in [5.41, 5.74) is 5.36. The van der Waals surface area contributed by atoms with Gasteiger partial charge in [-0.05, 0) is 74.9 Å². The molecule has 158 valence electrons. The quantitative estimate of drug-likeness (QED) is 0.245. The summed E-state index contributed by atoms with van der Waals surface area (Å²) < 4.78 is 0. The Morgan fingerprint density at radius 2 is 1.77 bits per heavy atom. The van der Waals surface area contributed by atoms with Gasteiger partial charge in [0.05, 0.1) is 0 Å². The third-order valence-corrected chi connectivity index (χ3v) is 5.94. The van der Waals surface area contributed by atoms with Crippen molar-refractivity contribution in [1.29, 1.82) is 0 Å². The van der Waals surface area contributed by atoms with Gasteiger partial charge in [0.25, 0.3) is 0 Å². The number of hydrogen-bond donors (Lipinski definition) is 0. The van der Waals surface area contributed by atoms with E-state index in [1.807, 2.05) is 0 Å². The van der Waals surface area contributed by atoms with Crippen LogP contribution in [0.2, 0.25) is 0 Å².